The molecular weight excluding hydrogens is 166 g/mol. The van der Waals surface area contributed by atoms with E-state index in [4.69, 9.17) is 5.26 Å². The van der Waals surface area contributed by atoms with E-state index < -0.39 is 5.41 Å². The van der Waals surface area contributed by atoms with Gasteiger partial charge in [-0.25, -0.2) is 0 Å². The van der Waals surface area contributed by atoms with Crippen molar-refractivity contribution in [3.63, 3.8) is 0 Å². The summed E-state index contributed by atoms with van der Waals surface area (Å²) in [6.45, 7) is 7.01. The minimum Gasteiger partial charge on any atom is -0.353 e. The quantitative estimate of drug-likeness (QED) is 0.642. The highest BCUT2D eigenvalue weighted by molar-refractivity contribution is 5.78. The fourth-order valence-electron chi connectivity index (χ4n) is 0.660. The molecule has 0 aliphatic rings. The van der Waals surface area contributed by atoms with Crippen LogP contribution in [0.15, 0.2) is 0 Å². The monoisotopic (exact) mass is 183 g/mol. The number of likely N-dealkylation sites (N-methyl/N-ethyl adjacent to an activating group) is 1. The molecule has 4 heteroatoms. The highest BCUT2D eigenvalue weighted by Crippen LogP contribution is 2.09. The molecular formula is C9H17N3O. The Labute approximate surface area is 79.3 Å². The van der Waals surface area contributed by atoms with Crippen LogP contribution in [0.25, 0.3) is 0 Å². The molecule has 74 valence electrons. The molecule has 0 unspecified atom stereocenters. The summed E-state index contributed by atoms with van der Waals surface area (Å²) in [6, 6.07) is 2.12. The second-order valence-electron chi connectivity index (χ2n) is 3.55. The van der Waals surface area contributed by atoms with Gasteiger partial charge in [0.2, 0.25) is 5.91 Å². The van der Waals surface area contributed by atoms with Gasteiger partial charge in [0, 0.05) is 6.54 Å². The van der Waals surface area contributed by atoms with Gasteiger partial charge in [-0.1, -0.05) is 6.92 Å². The maximum absolute atomic E-state index is 11.1. The molecule has 0 aliphatic carbocycles. The van der Waals surface area contributed by atoms with E-state index in [0.29, 0.717) is 13.1 Å². The summed E-state index contributed by atoms with van der Waals surface area (Å²) in [4.78, 5) is 11.1. The molecule has 0 radical (unpaired) electrons. The topological polar surface area (TPSA) is 64.9 Å². The third-order valence-electron chi connectivity index (χ3n) is 1.57. The number of hydrogen-bond donors (Lipinski definition) is 2. The van der Waals surface area contributed by atoms with Crippen LogP contribution in [-0.4, -0.2) is 25.5 Å². The van der Waals surface area contributed by atoms with Crippen LogP contribution < -0.4 is 10.6 Å². The van der Waals surface area contributed by atoms with E-state index >= 15 is 0 Å². The van der Waals surface area contributed by atoms with E-state index in [9.17, 15) is 4.79 Å². The first-order valence-electron chi connectivity index (χ1n) is 4.40. The number of hydrogen-bond acceptors (Lipinski definition) is 3. The highest BCUT2D eigenvalue weighted by Gasteiger charge is 2.16. The Kier molecular flexibility index (Phi) is 5.09. The molecule has 0 bridgehead atoms. The minimum absolute atomic E-state index is 0.0647. The number of nitrogens with zero attached hydrogens (tertiary/aromatic N) is 1. The van der Waals surface area contributed by atoms with E-state index in [1.165, 1.54) is 0 Å². The van der Waals surface area contributed by atoms with Gasteiger partial charge in [0.05, 0.1) is 18.0 Å². The third-order valence-corrected chi connectivity index (χ3v) is 1.57. The van der Waals surface area contributed by atoms with Crippen LogP contribution in [0.5, 0.6) is 0 Å². The van der Waals surface area contributed by atoms with Crippen LogP contribution in [0.3, 0.4) is 0 Å². The number of rotatable bonds is 5. The number of carbonyl (C=O) groups is 1. The van der Waals surface area contributed by atoms with Crippen molar-refractivity contribution in [3.8, 4) is 6.07 Å². The van der Waals surface area contributed by atoms with Crippen molar-refractivity contribution in [3.05, 3.63) is 0 Å². The minimum atomic E-state index is -0.484. The fourth-order valence-corrected chi connectivity index (χ4v) is 0.660. The molecule has 0 spiro atoms. The van der Waals surface area contributed by atoms with Crippen molar-refractivity contribution in [1.29, 1.82) is 5.26 Å². The zero-order valence-electron chi connectivity index (χ0n) is 8.48. The average Bonchev–Trinajstić information content (AvgIpc) is 2.11. The first kappa shape index (κ1) is 11.9. The smallest absolute Gasteiger partial charge is 0.234 e. The summed E-state index contributed by atoms with van der Waals surface area (Å²) in [5.41, 5.74) is -0.484. The molecule has 2 N–H and O–H groups in total. The molecule has 4 nitrogen and oxygen atoms in total. The molecule has 0 heterocycles. The van der Waals surface area contributed by atoms with Crippen LogP contribution in [0.1, 0.15) is 20.8 Å². The van der Waals surface area contributed by atoms with E-state index in [-0.39, 0.29) is 5.91 Å². The maximum Gasteiger partial charge on any atom is 0.234 e. The number of nitriles is 1. The standard InChI is InChI=1S/C9H17N3O/c1-4-11-5-8(13)12-7-9(2,3)6-10/h11H,4-5,7H2,1-3H3,(H,12,13). The molecule has 0 rings (SSSR count). The second-order valence-corrected chi connectivity index (χ2v) is 3.55. The first-order valence-corrected chi connectivity index (χ1v) is 4.40. The third kappa shape index (κ3) is 6.12. The summed E-state index contributed by atoms with van der Waals surface area (Å²) < 4.78 is 0. The SMILES string of the molecule is CCNCC(=O)NCC(C)(C)C#N. The lowest BCUT2D eigenvalue weighted by molar-refractivity contribution is -0.120. The predicted molar refractivity (Wildman–Crippen MR) is 50.9 cm³/mol. The highest BCUT2D eigenvalue weighted by atomic mass is 16.1. The van der Waals surface area contributed by atoms with Crippen LogP contribution in [0.4, 0.5) is 0 Å². The van der Waals surface area contributed by atoms with Crippen molar-refractivity contribution in [2.75, 3.05) is 19.6 Å². The zero-order chi connectivity index (χ0) is 10.3. The Bertz CT molecular complexity index is 205. The zero-order valence-corrected chi connectivity index (χ0v) is 8.48. The number of nitrogens with one attached hydrogen (secondary N) is 2. The lowest BCUT2D eigenvalue weighted by Gasteiger charge is -2.15. The predicted octanol–water partition coefficient (Wildman–Crippen LogP) is 0.262. The van der Waals surface area contributed by atoms with Crippen molar-refractivity contribution >= 4 is 5.91 Å². The van der Waals surface area contributed by atoms with Gasteiger partial charge in [0.15, 0.2) is 0 Å². The largest absolute Gasteiger partial charge is 0.353 e. The second kappa shape index (κ2) is 5.55. The summed E-state index contributed by atoms with van der Waals surface area (Å²) in [5, 5.41) is 14.3. The average molecular weight is 183 g/mol. The van der Waals surface area contributed by atoms with Gasteiger partial charge < -0.3 is 10.6 Å². The van der Waals surface area contributed by atoms with E-state index in [0.717, 1.165) is 6.54 Å². The Morgan fingerprint density at radius 3 is 2.62 bits per heavy atom. The van der Waals surface area contributed by atoms with Crippen molar-refractivity contribution in [2.45, 2.75) is 20.8 Å². The van der Waals surface area contributed by atoms with Gasteiger partial charge in [-0.15, -0.1) is 0 Å². The number of amides is 1. The normalized spacial score (nSPS) is 10.6. The van der Waals surface area contributed by atoms with Crippen molar-refractivity contribution in [2.24, 2.45) is 5.41 Å². The van der Waals surface area contributed by atoms with Gasteiger partial charge in [-0.2, -0.15) is 5.26 Å². The van der Waals surface area contributed by atoms with Crippen molar-refractivity contribution < 1.29 is 4.79 Å². The Morgan fingerprint density at radius 2 is 2.15 bits per heavy atom. The molecule has 0 aliphatic heterocycles. The van der Waals surface area contributed by atoms with Crippen LogP contribution in [0.2, 0.25) is 0 Å². The van der Waals surface area contributed by atoms with Gasteiger partial charge in [0.25, 0.3) is 0 Å². The number of carbonyl (C=O) groups excluding carboxylic acids is 1. The van der Waals surface area contributed by atoms with Gasteiger partial charge in [0.1, 0.15) is 0 Å². The molecule has 13 heavy (non-hydrogen) atoms. The molecule has 0 aromatic heterocycles. The van der Waals surface area contributed by atoms with Gasteiger partial charge in [-0.05, 0) is 20.4 Å². The lowest BCUT2D eigenvalue weighted by atomic mass is 9.96. The van der Waals surface area contributed by atoms with E-state index in [1.807, 2.05) is 6.92 Å². The lowest BCUT2D eigenvalue weighted by Crippen LogP contribution is -2.38. The van der Waals surface area contributed by atoms with Gasteiger partial charge >= 0.3 is 0 Å². The fraction of sp³-hybridized carbons (Fsp3) is 0.778. The Balaban J connectivity index is 3.65. The molecule has 0 saturated carbocycles. The summed E-state index contributed by atoms with van der Waals surface area (Å²) in [5.74, 6) is -0.0647. The van der Waals surface area contributed by atoms with Crippen molar-refractivity contribution in [1.82, 2.24) is 10.6 Å². The van der Waals surface area contributed by atoms with Crippen LogP contribution >= 0.6 is 0 Å². The summed E-state index contributed by atoms with van der Waals surface area (Å²) in [6.07, 6.45) is 0. The molecule has 1 amide bonds. The molecule has 0 aromatic carbocycles. The molecule has 0 aromatic rings. The Hall–Kier alpha value is -1.08. The Morgan fingerprint density at radius 1 is 1.54 bits per heavy atom. The molecule has 0 atom stereocenters. The summed E-state index contributed by atoms with van der Waals surface area (Å²) in [7, 11) is 0. The van der Waals surface area contributed by atoms with Gasteiger partial charge in [-0.3, -0.25) is 4.79 Å². The molecule has 0 saturated heterocycles. The first-order chi connectivity index (χ1) is 6.02. The van der Waals surface area contributed by atoms with E-state index in [1.54, 1.807) is 13.8 Å². The van der Waals surface area contributed by atoms with Crippen LogP contribution in [-0.2, 0) is 4.79 Å². The van der Waals surface area contributed by atoms with Crippen LogP contribution in [0, 0.1) is 16.7 Å². The van der Waals surface area contributed by atoms with E-state index in [2.05, 4.69) is 16.7 Å². The summed E-state index contributed by atoms with van der Waals surface area (Å²) >= 11 is 0. The molecule has 0 fully saturated rings. The maximum atomic E-state index is 11.1.